The van der Waals surface area contributed by atoms with Crippen LogP contribution in [0.1, 0.15) is 30.5 Å². The molecule has 3 rings (SSSR count). The van der Waals surface area contributed by atoms with Crippen molar-refractivity contribution in [1.29, 1.82) is 0 Å². The van der Waals surface area contributed by atoms with Crippen molar-refractivity contribution >= 4 is 17.5 Å². The Bertz CT molecular complexity index is 890. The number of hydrogen-bond acceptors (Lipinski definition) is 4. The molecule has 0 fully saturated rings. The maximum atomic E-state index is 12.7. The van der Waals surface area contributed by atoms with E-state index in [1.54, 1.807) is 13.8 Å². The van der Waals surface area contributed by atoms with Gasteiger partial charge in [0.15, 0.2) is 11.5 Å². The van der Waals surface area contributed by atoms with Gasteiger partial charge in [0.05, 0.1) is 0 Å². The van der Waals surface area contributed by atoms with E-state index >= 15 is 0 Å². The van der Waals surface area contributed by atoms with Gasteiger partial charge in [-0.05, 0) is 62.6 Å². The number of fused-ring (bicyclic) bond motifs is 1. The normalized spacial score (nSPS) is 12.6. The summed E-state index contributed by atoms with van der Waals surface area (Å²) >= 11 is 0. The second-order valence-electron chi connectivity index (χ2n) is 7.20. The molecule has 0 aromatic heterocycles. The summed E-state index contributed by atoms with van der Waals surface area (Å²) in [6.07, 6.45) is 0. The lowest BCUT2D eigenvalue weighted by Gasteiger charge is -2.23. The first-order valence-electron chi connectivity index (χ1n) is 8.83. The minimum atomic E-state index is -1.22. The van der Waals surface area contributed by atoms with Crippen molar-refractivity contribution in [1.82, 2.24) is 5.32 Å². The molecule has 6 heteroatoms. The fraction of sp³-hybridized carbons (Fsp3) is 0.333. The molecule has 0 saturated carbocycles. The Hall–Kier alpha value is -3.02. The molecule has 1 heterocycles. The van der Waals surface area contributed by atoms with Crippen molar-refractivity contribution in [3.63, 3.8) is 0 Å². The van der Waals surface area contributed by atoms with Crippen LogP contribution in [-0.2, 0) is 16.1 Å². The minimum Gasteiger partial charge on any atom is -0.454 e. The average Bonchev–Trinajstić information content (AvgIpc) is 3.11. The van der Waals surface area contributed by atoms with Gasteiger partial charge in [-0.3, -0.25) is 9.59 Å². The maximum absolute atomic E-state index is 12.7. The zero-order valence-corrected chi connectivity index (χ0v) is 16.0. The summed E-state index contributed by atoms with van der Waals surface area (Å²) in [6.45, 7) is 7.66. The van der Waals surface area contributed by atoms with Crippen molar-refractivity contribution in [3.05, 3.63) is 53.1 Å². The van der Waals surface area contributed by atoms with Gasteiger partial charge in [0.2, 0.25) is 18.6 Å². The number of nitrogens with one attached hydrogen (secondary N) is 2. The molecular weight excluding hydrogens is 344 g/mol. The summed E-state index contributed by atoms with van der Waals surface area (Å²) in [5.41, 5.74) is 2.45. The third-order valence-electron chi connectivity index (χ3n) is 4.88. The van der Waals surface area contributed by atoms with Crippen LogP contribution in [0.4, 0.5) is 5.69 Å². The van der Waals surface area contributed by atoms with Crippen LogP contribution in [0.2, 0.25) is 0 Å². The molecule has 2 N–H and O–H groups in total. The summed E-state index contributed by atoms with van der Waals surface area (Å²) in [7, 11) is 0. The second-order valence-corrected chi connectivity index (χ2v) is 7.20. The van der Waals surface area contributed by atoms with Crippen LogP contribution in [0.5, 0.6) is 11.5 Å². The molecule has 27 heavy (non-hydrogen) atoms. The summed E-state index contributed by atoms with van der Waals surface area (Å²) < 4.78 is 10.6. The highest BCUT2D eigenvalue weighted by Crippen LogP contribution is 2.32. The number of carbonyl (C=O) groups is 2. The molecule has 0 bridgehead atoms. The van der Waals surface area contributed by atoms with Crippen molar-refractivity contribution in [2.75, 3.05) is 12.1 Å². The molecule has 1 aliphatic rings. The van der Waals surface area contributed by atoms with Gasteiger partial charge in [0.1, 0.15) is 5.41 Å². The molecule has 6 nitrogen and oxygen atoms in total. The highest BCUT2D eigenvalue weighted by atomic mass is 16.7. The molecule has 2 aromatic carbocycles. The first kappa shape index (κ1) is 18.8. The summed E-state index contributed by atoms with van der Waals surface area (Å²) in [5, 5.41) is 5.70. The molecule has 0 atom stereocenters. The summed E-state index contributed by atoms with van der Waals surface area (Å²) in [5.74, 6) is 0.661. The number of anilines is 1. The number of amides is 2. The Kier molecular flexibility index (Phi) is 5.08. The van der Waals surface area contributed by atoms with Crippen molar-refractivity contribution in [3.8, 4) is 11.5 Å². The molecule has 1 aliphatic heterocycles. The minimum absolute atomic E-state index is 0.205. The standard InChI is InChI=1S/C21H24N2O4/c1-13-6-5-7-16(14(13)2)23-20(25)21(3,4)19(24)22-11-15-8-9-17-18(10-15)27-12-26-17/h5-10H,11-12H2,1-4H3,(H,22,24)(H,23,25). The van der Waals surface area contributed by atoms with Gasteiger partial charge in [-0.15, -0.1) is 0 Å². The number of ether oxygens (including phenoxy) is 2. The van der Waals surface area contributed by atoms with Crippen molar-refractivity contribution in [2.45, 2.75) is 34.2 Å². The van der Waals surface area contributed by atoms with E-state index in [0.717, 1.165) is 22.4 Å². The van der Waals surface area contributed by atoms with Crippen molar-refractivity contribution in [2.24, 2.45) is 5.41 Å². The predicted molar refractivity (Wildman–Crippen MR) is 103 cm³/mol. The fourth-order valence-electron chi connectivity index (χ4n) is 2.72. The first-order valence-corrected chi connectivity index (χ1v) is 8.83. The zero-order valence-electron chi connectivity index (χ0n) is 16.0. The van der Waals surface area contributed by atoms with E-state index < -0.39 is 5.41 Å². The van der Waals surface area contributed by atoms with Gasteiger partial charge in [-0.1, -0.05) is 18.2 Å². The third kappa shape index (κ3) is 3.89. The highest BCUT2D eigenvalue weighted by molar-refractivity contribution is 6.10. The van der Waals surface area contributed by atoms with E-state index in [2.05, 4.69) is 10.6 Å². The SMILES string of the molecule is Cc1cccc(NC(=O)C(C)(C)C(=O)NCc2ccc3c(c2)OCO3)c1C. The molecule has 0 unspecified atom stereocenters. The lowest BCUT2D eigenvalue weighted by Crippen LogP contribution is -2.45. The van der Waals surface area contributed by atoms with Gasteiger partial charge < -0.3 is 20.1 Å². The Labute approximate surface area is 158 Å². The van der Waals surface area contributed by atoms with Gasteiger partial charge in [-0.25, -0.2) is 0 Å². The second kappa shape index (κ2) is 7.31. The summed E-state index contributed by atoms with van der Waals surface area (Å²) in [6, 6.07) is 11.2. The van der Waals surface area contributed by atoms with Crippen LogP contribution in [0.25, 0.3) is 0 Å². The molecule has 2 amide bonds. The van der Waals surface area contributed by atoms with Crippen LogP contribution in [0, 0.1) is 19.3 Å². The van der Waals surface area contributed by atoms with Crippen LogP contribution in [-0.4, -0.2) is 18.6 Å². The van der Waals surface area contributed by atoms with Gasteiger partial charge >= 0.3 is 0 Å². The average molecular weight is 368 g/mol. The topological polar surface area (TPSA) is 76.7 Å². The Morgan fingerprint density at radius 1 is 1.04 bits per heavy atom. The Morgan fingerprint density at radius 2 is 1.78 bits per heavy atom. The van der Waals surface area contributed by atoms with Crippen LogP contribution in [0.15, 0.2) is 36.4 Å². The fourth-order valence-corrected chi connectivity index (χ4v) is 2.72. The van der Waals surface area contributed by atoms with E-state index in [-0.39, 0.29) is 18.6 Å². The van der Waals surface area contributed by atoms with E-state index in [4.69, 9.17) is 9.47 Å². The molecule has 0 spiro atoms. The molecule has 0 radical (unpaired) electrons. The smallest absolute Gasteiger partial charge is 0.239 e. The van der Waals surface area contributed by atoms with Crippen molar-refractivity contribution < 1.29 is 19.1 Å². The third-order valence-corrected chi connectivity index (χ3v) is 4.88. The summed E-state index contributed by atoms with van der Waals surface area (Å²) in [4.78, 5) is 25.3. The van der Waals surface area contributed by atoms with E-state index in [1.807, 2.05) is 50.2 Å². The lowest BCUT2D eigenvalue weighted by molar-refractivity contribution is -0.138. The molecular formula is C21H24N2O4. The number of carbonyl (C=O) groups excluding carboxylic acids is 2. The van der Waals surface area contributed by atoms with E-state index in [0.29, 0.717) is 18.0 Å². The van der Waals surface area contributed by atoms with Crippen LogP contribution < -0.4 is 20.1 Å². The number of rotatable bonds is 5. The molecule has 0 aliphatic carbocycles. The van der Waals surface area contributed by atoms with E-state index in [1.165, 1.54) is 0 Å². The van der Waals surface area contributed by atoms with Crippen LogP contribution in [0.3, 0.4) is 0 Å². The largest absolute Gasteiger partial charge is 0.454 e. The highest BCUT2D eigenvalue weighted by Gasteiger charge is 2.36. The number of aryl methyl sites for hydroxylation is 1. The Morgan fingerprint density at radius 3 is 2.56 bits per heavy atom. The molecule has 2 aromatic rings. The number of hydrogen-bond donors (Lipinski definition) is 2. The van der Waals surface area contributed by atoms with Gasteiger partial charge in [-0.2, -0.15) is 0 Å². The predicted octanol–water partition coefficient (Wildman–Crippen LogP) is 3.31. The first-order chi connectivity index (χ1) is 12.8. The number of benzene rings is 2. The van der Waals surface area contributed by atoms with Crippen LogP contribution >= 0.6 is 0 Å². The Balaban J connectivity index is 1.64. The quantitative estimate of drug-likeness (QED) is 0.794. The lowest BCUT2D eigenvalue weighted by atomic mass is 9.90. The monoisotopic (exact) mass is 368 g/mol. The molecule has 142 valence electrons. The van der Waals surface area contributed by atoms with Gasteiger partial charge in [0, 0.05) is 12.2 Å². The van der Waals surface area contributed by atoms with E-state index in [9.17, 15) is 9.59 Å². The van der Waals surface area contributed by atoms with Gasteiger partial charge in [0.25, 0.3) is 0 Å². The molecule has 0 saturated heterocycles. The maximum Gasteiger partial charge on any atom is 0.239 e. The zero-order chi connectivity index (χ0) is 19.6.